The molecule has 3 saturated heterocycles. The molecular formula is C22H17F2N3O3. The molecule has 3 amide bonds. The second-order valence-corrected chi connectivity index (χ2v) is 8.31. The summed E-state index contributed by atoms with van der Waals surface area (Å²) >= 11 is 0. The van der Waals surface area contributed by atoms with Gasteiger partial charge in [-0.3, -0.25) is 19.3 Å². The standard InChI is InChI=1S/C22H17F2N3O3/c23-11-3-6-13(7-4-11)27-19(28)17-16-2-1-9-26(16)22(18(17)20(27)29)14-10-12(24)5-8-15(14)25-21(22)30/h3-8,10,16-18H,1-2,9H2,(H,25,30)/t16-,17+,18-,22+/m0/s1. The molecule has 2 aromatic rings. The molecule has 6 nitrogen and oxygen atoms in total. The molecule has 0 radical (unpaired) electrons. The van der Waals surface area contributed by atoms with Crippen molar-refractivity contribution >= 4 is 29.1 Å². The Morgan fingerprint density at radius 1 is 0.967 bits per heavy atom. The first-order chi connectivity index (χ1) is 14.4. The Morgan fingerprint density at radius 3 is 2.47 bits per heavy atom. The quantitative estimate of drug-likeness (QED) is 0.735. The third kappa shape index (κ3) is 1.92. The second-order valence-electron chi connectivity index (χ2n) is 8.31. The molecule has 152 valence electrons. The van der Waals surface area contributed by atoms with Gasteiger partial charge in [0, 0.05) is 17.3 Å². The normalized spacial score (nSPS) is 32.0. The Hall–Kier alpha value is -3.13. The van der Waals surface area contributed by atoms with Crippen LogP contribution in [-0.4, -0.2) is 35.2 Å². The molecular weight excluding hydrogens is 392 g/mol. The summed E-state index contributed by atoms with van der Waals surface area (Å²) in [6, 6.07) is 8.91. The van der Waals surface area contributed by atoms with Crippen LogP contribution in [0.4, 0.5) is 20.2 Å². The number of fused-ring (bicyclic) bond motifs is 7. The summed E-state index contributed by atoms with van der Waals surface area (Å²) in [4.78, 5) is 43.4. The van der Waals surface area contributed by atoms with E-state index in [1.807, 2.05) is 4.90 Å². The SMILES string of the molecule is O=C1[C@H]2[C@@H](C(=O)N1c1ccc(F)cc1)[C@]1(C(=O)Nc3ccc(F)cc31)N1CCC[C@@H]21. The van der Waals surface area contributed by atoms with E-state index in [1.165, 1.54) is 42.5 Å². The van der Waals surface area contributed by atoms with Crippen molar-refractivity contribution in [2.24, 2.45) is 11.8 Å². The summed E-state index contributed by atoms with van der Waals surface area (Å²) in [7, 11) is 0. The van der Waals surface area contributed by atoms with E-state index in [0.717, 1.165) is 11.3 Å². The largest absolute Gasteiger partial charge is 0.324 e. The van der Waals surface area contributed by atoms with Crippen LogP contribution in [0.5, 0.6) is 0 Å². The van der Waals surface area contributed by atoms with Crippen molar-refractivity contribution in [3.8, 4) is 0 Å². The van der Waals surface area contributed by atoms with Gasteiger partial charge in [0.05, 0.1) is 17.5 Å². The zero-order valence-corrected chi connectivity index (χ0v) is 15.8. The maximum Gasteiger partial charge on any atom is 0.250 e. The van der Waals surface area contributed by atoms with Gasteiger partial charge in [0.1, 0.15) is 17.2 Å². The summed E-state index contributed by atoms with van der Waals surface area (Å²) in [5, 5.41) is 2.80. The van der Waals surface area contributed by atoms with Crippen LogP contribution in [0, 0.1) is 23.5 Å². The van der Waals surface area contributed by atoms with E-state index >= 15 is 0 Å². The van der Waals surface area contributed by atoms with Crippen LogP contribution in [0.3, 0.4) is 0 Å². The van der Waals surface area contributed by atoms with E-state index in [0.29, 0.717) is 24.2 Å². The highest BCUT2D eigenvalue weighted by molar-refractivity contribution is 6.25. The van der Waals surface area contributed by atoms with Gasteiger partial charge in [0.25, 0.3) is 0 Å². The van der Waals surface area contributed by atoms with Crippen LogP contribution in [0.1, 0.15) is 18.4 Å². The molecule has 4 aliphatic heterocycles. The molecule has 6 rings (SSSR count). The molecule has 8 heteroatoms. The van der Waals surface area contributed by atoms with Crippen molar-refractivity contribution in [2.75, 3.05) is 16.8 Å². The van der Waals surface area contributed by atoms with Crippen molar-refractivity contribution in [3.05, 3.63) is 59.7 Å². The molecule has 30 heavy (non-hydrogen) atoms. The first kappa shape index (κ1) is 17.7. The molecule has 0 unspecified atom stereocenters. The minimum absolute atomic E-state index is 0.276. The van der Waals surface area contributed by atoms with E-state index in [1.54, 1.807) is 0 Å². The molecule has 2 aromatic carbocycles. The monoisotopic (exact) mass is 409 g/mol. The fourth-order valence-corrected chi connectivity index (χ4v) is 6.02. The number of hydrogen-bond acceptors (Lipinski definition) is 4. The number of amides is 3. The highest BCUT2D eigenvalue weighted by Gasteiger charge is 2.74. The second kappa shape index (κ2) is 5.72. The lowest BCUT2D eigenvalue weighted by atomic mass is 9.75. The topological polar surface area (TPSA) is 69.7 Å². The number of hydrogen-bond donors (Lipinski definition) is 1. The number of nitrogens with zero attached hydrogens (tertiary/aromatic N) is 2. The van der Waals surface area contributed by atoms with Crippen LogP contribution in [-0.2, 0) is 19.9 Å². The molecule has 4 atom stereocenters. The van der Waals surface area contributed by atoms with Gasteiger partial charge in [-0.15, -0.1) is 0 Å². The number of halogens is 2. The smallest absolute Gasteiger partial charge is 0.250 e. The Balaban J connectivity index is 1.56. The minimum Gasteiger partial charge on any atom is -0.324 e. The number of benzene rings is 2. The Kier molecular flexibility index (Phi) is 3.38. The number of carbonyl (C=O) groups is 3. The van der Waals surface area contributed by atoms with E-state index in [2.05, 4.69) is 5.32 Å². The van der Waals surface area contributed by atoms with Crippen LogP contribution >= 0.6 is 0 Å². The number of rotatable bonds is 1. The zero-order chi connectivity index (χ0) is 20.8. The highest BCUT2D eigenvalue weighted by atomic mass is 19.1. The molecule has 0 bridgehead atoms. The van der Waals surface area contributed by atoms with Crippen molar-refractivity contribution in [3.63, 3.8) is 0 Å². The summed E-state index contributed by atoms with van der Waals surface area (Å²) in [6.45, 7) is 0.554. The van der Waals surface area contributed by atoms with Gasteiger partial charge in [-0.2, -0.15) is 0 Å². The van der Waals surface area contributed by atoms with E-state index in [4.69, 9.17) is 0 Å². The third-order valence-corrected chi connectivity index (χ3v) is 7.04. The van der Waals surface area contributed by atoms with Gasteiger partial charge >= 0.3 is 0 Å². The first-order valence-electron chi connectivity index (χ1n) is 9.96. The van der Waals surface area contributed by atoms with Crippen LogP contribution in [0.15, 0.2) is 42.5 Å². The van der Waals surface area contributed by atoms with E-state index in [9.17, 15) is 23.2 Å². The maximum atomic E-state index is 14.2. The van der Waals surface area contributed by atoms with Gasteiger partial charge in [0.15, 0.2) is 0 Å². The summed E-state index contributed by atoms with van der Waals surface area (Å²) < 4.78 is 27.6. The van der Waals surface area contributed by atoms with E-state index < -0.39 is 40.8 Å². The van der Waals surface area contributed by atoms with Crippen molar-refractivity contribution in [1.82, 2.24) is 4.90 Å². The zero-order valence-electron chi connectivity index (χ0n) is 15.8. The average Bonchev–Trinajstić information content (AvgIpc) is 3.42. The average molecular weight is 409 g/mol. The maximum absolute atomic E-state index is 14.2. The summed E-state index contributed by atoms with van der Waals surface area (Å²) in [6.07, 6.45) is 1.46. The van der Waals surface area contributed by atoms with Crippen molar-refractivity contribution in [1.29, 1.82) is 0 Å². The van der Waals surface area contributed by atoms with Crippen molar-refractivity contribution < 1.29 is 23.2 Å². The fraction of sp³-hybridized carbons (Fsp3) is 0.318. The summed E-state index contributed by atoms with van der Waals surface area (Å²) in [5.41, 5.74) is -0.259. The molecule has 4 heterocycles. The molecule has 1 N–H and O–H groups in total. The minimum atomic E-state index is -1.41. The first-order valence-corrected chi connectivity index (χ1v) is 9.96. The van der Waals surface area contributed by atoms with Gasteiger partial charge < -0.3 is 5.32 Å². The van der Waals surface area contributed by atoms with E-state index in [-0.39, 0.29) is 17.6 Å². The number of carbonyl (C=O) groups excluding carboxylic acids is 3. The van der Waals surface area contributed by atoms with Crippen molar-refractivity contribution in [2.45, 2.75) is 24.4 Å². The summed E-state index contributed by atoms with van der Waals surface area (Å²) in [5.74, 6) is -3.92. The Bertz CT molecular complexity index is 1130. The Labute approximate surface area is 170 Å². The molecule has 3 fully saturated rings. The third-order valence-electron chi connectivity index (χ3n) is 7.04. The number of nitrogens with one attached hydrogen (secondary N) is 1. The van der Waals surface area contributed by atoms with Gasteiger partial charge in [-0.25, -0.2) is 13.7 Å². The van der Waals surface area contributed by atoms with Crippen LogP contribution in [0.2, 0.25) is 0 Å². The fourth-order valence-electron chi connectivity index (χ4n) is 6.02. The predicted molar refractivity (Wildman–Crippen MR) is 102 cm³/mol. The molecule has 1 spiro atoms. The lowest BCUT2D eigenvalue weighted by Gasteiger charge is -2.36. The molecule has 4 aliphatic rings. The van der Waals surface area contributed by atoms with Crippen LogP contribution in [0.25, 0.3) is 0 Å². The Morgan fingerprint density at radius 2 is 1.70 bits per heavy atom. The lowest BCUT2D eigenvalue weighted by Crippen LogP contribution is -2.54. The predicted octanol–water partition coefficient (Wildman–Crippen LogP) is 2.40. The number of anilines is 2. The number of imide groups is 1. The highest BCUT2D eigenvalue weighted by Crippen LogP contribution is 2.60. The molecule has 0 aliphatic carbocycles. The van der Waals surface area contributed by atoms with Gasteiger partial charge in [-0.05, 0) is 61.9 Å². The lowest BCUT2D eigenvalue weighted by molar-refractivity contribution is -0.135. The van der Waals surface area contributed by atoms with Gasteiger partial charge in [0.2, 0.25) is 17.7 Å². The molecule has 0 aromatic heterocycles. The van der Waals surface area contributed by atoms with Crippen LogP contribution < -0.4 is 10.2 Å². The molecule has 0 saturated carbocycles. The van der Waals surface area contributed by atoms with Gasteiger partial charge in [-0.1, -0.05) is 0 Å².